The van der Waals surface area contributed by atoms with Crippen LogP contribution in [0.3, 0.4) is 0 Å². The Labute approximate surface area is 134 Å². The molecule has 1 aromatic heterocycles. The number of amides is 1. The molecule has 7 heteroatoms. The van der Waals surface area contributed by atoms with Crippen molar-refractivity contribution in [1.82, 2.24) is 15.1 Å². The molecule has 1 heterocycles. The third kappa shape index (κ3) is 4.06. The van der Waals surface area contributed by atoms with Crippen molar-refractivity contribution in [2.24, 2.45) is 5.92 Å². The summed E-state index contributed by atoms with van der Waals surface area (Å²) in [5.41, 5.74) is -2.24. The number of carbonyl (C=O) groups excluding carboxylic acids is 1. The van der Waals surface area contributed by atoms with Gasteiger partial charge in [0.25, 0.3) is 5.91 Å². The lowest BCUT2D eigenvalue weighted by Crippen LogP contribution is -2.39. The van der Waals surface area contributed by atoms with E-state index in [4.69, 9.17) is 0 Å². The van der Waals surface area contributed by atoms with Crippen molar-refractivity contribution in [3.63, 3.8) is 0 Å². The van der Waals surface area contributed by atoms with Crippen LogP contribution < -0.4 is 5.32 Å². The summed E-state index contributed by atoms with van der Waals surface area (Å²) in [6.45, 7) is 6.97. The van der Waals surface area contributed by atoms with Gasteiger partial charge in [0.1, 0.15) is 0 Å². The number of hydrogen-bond donors (Lipinski definition) is 1. The fraction of sp³-hybridized carbons (Fsp3) is 0.750. The molecule has 1 saturated carbocycles. The molecule has 0 aliphatic heterocycles. The summed E-state index contributed by atoms with van der Waals surface area (Å²) in [7, 11) is 0. The van der Waals surface area contributed by atoms with Crippen molar-refractivity contribution >= 4 is 5.91 Å². The maximum Gasteiger partial charge on any atom is 0.433 e. The van der Waals surface area contributed by atoms with Gasteiger partial charge in [0.2, 0.25) is 0 Å². The van der Waals surface area contributed by atoms with Gasteiger partial charge in [-0.1, -0.05) is 19.8 Å². The van der Waals surface area contributed by atoms with Crippen LogP contribution in [0, 0.1) is 5.92 Å². The van der Waals surface area contributed by atoms with Gasteiger partial charge >= 0.3 is 6.18 Å². The molecule has 0 aromatic carbocycles. The van der Waals surface area contributed by atoms with Gasteiger partial charge < -0.3 is 5.32 Å². The van der Waals surface area contributed by atoms with Crippen molar-refractivity contribution in [1.29, 1.82) is 0 Å². The molecule has 0 unspecified atom stereocenters. The first-order chi connectivity index (χ1) is 10.5. The maximum absolute atomic E-state index is 13.4. The smallest absolute Gasteiger partial charge is 0.349 e. The van der Waals surface area contributed by atoms with Gasteiger partial charge in [0.15, 0.2) is 5.69 Å². The number of halogens is 3. The maximum atomic E-state index is 13.4. The normalized spacial score (nSPS) is 22.9. The molecule has 23 heavy (non-hydrogen) atoms. The van der Waals surface area contributed by atoms with E-state index in [1.54, 1.807) is 20.8 Å². The third-order valence-electron chi connectivity index (χ3n) is 4.19. The predicted octanol–water partition coefficient (Wildman–Crippen LogP) is 3.97. The van der Waals surface area contributed by atoms with E-state index in [0.29, 0.717) is 5.92 Å². The molecule has 1 aliphatic carbocycles. The van der Waals surface area contributed by atoms with Crippen molar-refractivity contribution in [3.05, 3.63) is 17.5 Å². The molecule has 0 bridgehead atoms. The molecule has 4 nitrogen and oxygen atoms in total. The molecule has 1 N–H and O–H groups in total. The topological polar surface area (TPSA) is 46.9 Å². The molecule has 1 aliphatic rings. The van der Waals surface area contributed by atoms with Crippen LogP contribution in [0.5, 0.6) is 0 Å². The first kappa shape index (κ1) is 17.8. The van der Waals surface area contributed by atoms with Gasteiger partial charge in [-0.05, 0) is 39.5 Å². The molecule has 1 fully saturated rings. The number of hydrogen-bond acceptors (Lipinski definition) is 2. The fourth-order valence-corrected chi connectivity index (χ4v) is 3.12. The lowest BCUT2D eigenvalue weighted by atomic mass is 9.87. The van der Waals surface area contributed by atoms with Crippen LogP contribution in [0.15, 0.2) is 6.20 Å². The molecule has 0 saturated heterocycles. The zero-order valence-electron chi connectivity index (χ0n) is 14.0. The van der Waals surface area contributed by atoms with E-state index < -0.39 is 28.9 Å². The van der Waals surface area contributed by atoms with E-state index in [9.17, 15) is 18.0 Å². The summed E-state index contributed by atoms with van der Waals surface area (Å²) >= 11 is 0. The second-order valence-electron chi connectivity index (χ2n) is 7.43. The lowest BCUT2D eigenvalue weighted by molar-refractivity contribution is -0.146. The van der Waals surface area contributed by atoms with Crippen LogP contribution in [0.4, 0.5) is 13.2 Å². The Morgan fingerprint density at radius 2 is 1.96 bits per heavy atom. The standard InChI is InChI=1S/C16H24F3N3O/c1-10-6-5-7-11(8-10)21-14(23)12-9-20-22(15(2,3)4)13(12)16(17,18)19/h9-11H,5-8H2,1-4H3,(H,21,23)/t10-,11+/m1/s1. The Morgan fingerprint density at radius 3 is 2.48 bits per heavy atom. The highest BCUT2D eigenvalue weighted by molar-refractivity contribution is 5.95. The number of nitrogens with one attached hydrogen (secondary N) is 1. The van der Waals surface area contributed by atoms with Gasteiger partial charge in [-0.2, -0.15) is 18.3 Å². The highest BCUT2D eigenvalue weighted by Gasteiger charge is 2.42. The Balaban J connectivity index is 2.28. The summed E-state index contributed by atoms with van der Waals surface area (Å²) in [6.07, 6.45) is 0.0962. The van der Waals surface area contributed by atoms with Gasteiger partial charge in [-0.15, -0.1) is 0 Å². The molecule has 1 amide bonds. The van der Waals surface area contributed by atoms with Crippen molar-refractivity contribution < 1.29 is 18.0 Å². The number of nitrogens with zero attached hydrogens (tertiary/aromatic N) is 2. The van der Waals surface area contributed by atoms with Gasteiger partial charge in [0.05, 0.1) is 17.3 Å². The molecule has 130 valence electrons. The average Bonchev–Trinajstić information content (AvgIpc) is 2.83. The van der Waals surface area contributed by atoms with E-state index >= 15 is 0 Å². The third-order valence-corrected chi connectivity index (χ3v) is 4.19. The fourth-order valence-electron chi connectivity index (χ4n) is 3.12. The number of rotatable bonds is 2. The molecule has 1 aromatic rings. The molecular weight excluding hydrogens is 307 g/mol. The van der Waals surface area contributed by atoms with Gasteiger partial charge in [-0.25, -0.2) is 0 Å². The van der Waals surface area contributed by atoms with Crippen LogP contribution >= 0.6 is 0 Å². The van der Waals surface area contributed by atoms with Gasteiger partial charge in [-0.3, -0.25) is 9.48 Å². The number of carbonyl (C=O) groups is 1. The zero-order valence-corrected chi connectivity index (χ0v) is 14.0. The largest absolute Gasteiger partial charge is 0.433 e. The number of alkyl halides is 3. The second kappa shape index (κ2) is 6.17. The number of aromatic nitrogens is 2. The average molecular weight is 331 g/mol. The summed E-state index contributed by atoms with van der Waals surface area (Å²) in [6, 6.07) is -0.0645. The Morgan fingerprint density at radius 1 is 1.30 bits per heavy atom. The molecule has 0 radical (unpaired) electrons. The second-order valence-corrected chi connectivity index (χ2v) is 7.43. The Hall–Kier alpha value is -1.53. The van der Waals surface area contributed by atoms with Crippen molar-refractivity contribution in [2.75, 3.05) is 0 Å². The predicted molar refractivity (Wildman–Crippen MR) is 81.1 cm³/mol. The molecule has 0 spiro atoms. The molecule has 2 atom stereocenters. The van der Waals surface area contributed by atoms with Crippen molar-refractivity contribution in [2.45, 2.75) is 71.1 Å². The van der Waals surface area contributed by atoms with E-state index in [2.05, 4.69) is 17.3 Å². The minimum atomic E-state index is -4.63. The van der Waals surface area contributed by atoms with Crippen LogP contribution in [-0.2, 0) is 11.7 Å². The Kier molecular flexibility index (Phi) is 4.78. The highest BCUT2D eigenvalue weighted by atomic mass is 19.4. The monoisotopic (exact) mass is 331 g/mol. The van der Waals surface area contributed by atoms with E-state index in [-0.39, 0.29) is 6.04 Å². The SMILES string of the molecule is C[C@@H]1CCC[C@H](NC(=O)c2cnn(C(C)(C)C)c2C(F)(F)F)C1. The summed E-state index contributed by atoms with van der Waals surface area (Å²) < 4.78 is 41.2. The molecular formula is C16H24F3N3O. The minimum Gasteiger partial charge on any atom is -0.349 e. The van der Waals surface area contributed by atoms with Crippen molar-refractivity contribution in [3.8, 4) is 0 Å². The summed E-state index contributed by atoms with van der Waals surface area (Å²) in [4.78, 5) is 12.4. The van der Waals surface area contributed by atoms with E-state index in [0.717, 1.165) is 36.6 Å². The van der Waals surface area contributed by atoms with E-state index in [1.807, 2.05) is 0 Å². The van der Waals surface area contributed by atoms with E-state index in [1.165, 1.54) is 0 Å². The zero-order chi connectivity index (χ0) is 17.4. The van der Waals surface area contributed by atoms with Gasteiger partial charge in [0, 0.05) is 6.04 Å². The molecule has 2 rings (SSSR count). The van der Waals surface area contributed by atoms with Crippen LogP contribution in [0.1, 0.15) is 69.4 Å². The quantitative estimate of drug-likeness (QED) is 0.891. The minimum absolute atomic E-state index is 0.0645. The first-order valence-corrected chi connectivity index (χ1v) is 7.96. The lowest BCUT2D eigenvalue weighted by Gasteiger charge is -2.28. The van der Waals surface area contributed by atoms with Crippen LogP contribution in [0.2, 0.25) is 0 Å². The van der Waals surface area contributed by atoms with Crippen LogP contribution in [0.25, 0.3) is 0 Å². The van der Waals surface area contributed by atoms with Crippen LogP contribution in [-0.4, -0.2) is 21.7 Å². The summed E-state index contributed by atoms with van der Waals surface area (Å²) in [5.74, 6) is -0.208. The Bertz CT molecular complexity index is 572. The summed E-state index contributed by atoms with van der Waals surface area (Å²) in [5, 5.41) is 6.57. The first-order valence-electron chi connectivity index (χ1n) is 7.96. The highest BCUT2D eigenvalue weighted by Crippen LogP contribution is 2.35.